The highest BCUT2D eigenvalue weighted by Gasteiger charge is 2.20. The van der Waals surface area contributed by atoms with Gasteiger partial charge in [0.05, 0.1) is 6.04 Å². The van der Waals surface area contributed by atoms with Crippen LogP contribution in [0.2, 0.25) is 0 Å². The molecule has 0 aromatic carbocycles. The van der Waals surface area contributed by atoms with Crippen molar-refractivity contribution in [2.75, 3.05) is 5.75 Å². The van der Waals surface area contributed by atoms with Crippen molar-refractivity contribution in [1.82, 2.24) is 5.32 Å². The number of nitrogens with one attached hydrogen (secondary N) is 1. The number of thioether (sulfide) groups is 1. The Morgan fingerprint density at radius 2 is 2.35 bits per heavy atom. The van der Waals surface area contributed by atoms with Crippen LogP contribution in [0.4, 0.5) is 0 Å². The molecule has 0 saturated carbocycles. The van der Waals surface area contributed by atoms with Gasteiger partial charge in [0, 0.05) is 11.8 Å². The van der Waals surface area contributed by atoms with Gasteiger partial charge in [-0.1, -0.05) is 18.7 Å². The monoisotopic (exact) mass is 268 g/mol. The molecule has 17 heavy (non-hydrogen) atoms. The van der Waals surface area contributed by atoms with Crippen LogP contribution in [0, 0.1) is 5.92 Å². The Labute approximate surface area is 112 Å². The molecule has 2 nitrogen and oxygen atoms in total. The van der Waals surface area contributed by atoms with Crippen molar-refractivity contribution in [2.45, 2.75) is 39.3 Å². The molecular weight excluding hydrogens is 248 g/mol. The zero-order valence-electron chi connectivity index (χ0n) is 10.6. The molecule has 3 unspecified atom stereocenters. The Balaban J connectivity index is 1.86. The fourth-order valence-electron chi connectivity index (χ4n) is 1.80. The minimum absolute atomic E-state index is 0.451. The van der Waals surface area contributed by atoms with Crippen molar-refractivity contribution >= 4 is 28.3 Å². The van der Waals surface area contributed by atoms with Gasteiger partial charge in [0.1, 0.15) is 0 Å². The van der Waals surface area contributed by atoms with Crippen LogP contribution in [-0.2, 0) is 6.42 Å². The quantitative estimate of drug-likeness (QED) is 0.908. The fourth-order valence-corrected chi connectivity index (χ4v) is 3.71. The molecule has 1 N–H and O–H groups in total. The summed E-state index contributed by atoms with van der Waals surface area (Å²) in [6, 6.07) is 3.10. The number of rotatable bonds is 3. The molecule has 94 valence electrons. The van der Waals surface area contributed by atoms with E-state index in [9.17, 15) is 0 Å². The summed E-state index contributed by atoms with van der Waals surface area (Å²) in [5.41, 5.74) is 1.41. The highest BCUT2D eigenvalue weighted by molar-refractivity contribution is 8.13. The molecule has 2 heterocycles. The zero-order valence-corrected chi connectivity index (χ0v) is 12.3. The van der Waals surface area contributed by atoms with E-state index in [0.29, 0.717) is 18.0 Å². The van der Waals surface area contributed by atoms with Gasteiger partial charge in [-0.2, -0.15) is 11.3 Å². The van der Waals surface area contributed by atoms with Crippen LogP contribution >= 0.6 is 23.1 Å². The SMILES string of the molecule is CC(Cc1ccsc1)NC1=NC(C)C(C)CS1. The molecule has 1 aliphatic rings. The molecule has 0 bridgehead atoms. The lowest BCUT2D eigenvalue weighted by molar-refractivity contribution is 0.531. The van der Waals surface area contributed by atoms with Crippen LogP contribution < -0.4 is 5.32 Å². The third-order valence-corrected chi connectivity index (χ3v) is 5.04. The summed E-state index contributed by atoms with van der Waals surface area (Å²) < 4.78 is 0. The molecule has 3 atom stereocenters. The summed E-state index contributed by atoms with van der Waals surface area (Å²) in [4.78, 5) is 4.70. The number of thiophene rings is 1. The Hall–Kier alpha value is -0.480. The van der Waals surface area contributed by atoms with Crippen molar-refractivity contribution in [2.24, 2.45) is 10.9 Å². The standard InChI is InChI=1S/C13H20N2S2/c1-9-7-17-13(15-11(9)3)14-10(2)6-12-4-5-16-8-12/h4-5,8-11H,6-7H2,1-3H3,(H,14,15). The summed E-state index contributed by atoms with van der Waals surface area (Å²) in [6.45, 7) is 6.70. The zero-order chi connectivity index (χ0) is 12.3. The summed E-state index contributed by atoms with van der Waals surface area (Å²) >= 11 is 3.62. The molecular formula is C13H20N2S2. The molecule has 2 rings (SSSR count). The van der Waals surface area contributed by atoms with Gasteiger partial charge in [-0.25, -0.2) is 0 Å². The Morgan fingerprint density at radius 1 is 1.53 bits per heavy atom. The lowest BCUT2D eigenvalue weighted by Crippen LogP contribution is -2.36. The molecule has 0 radical (unpaired) electrons. The van der Waals surface area contributed by atoms with Crippen LogP contribution in [-0.4, -0.2) is 23.0 Å². The lowest BCUT2D eigenvalue weighted by atomic mass is 10.1. The first-order valence-electron chi connectivity index (χ1n) is 6.13. The molecule has 0 spiro atoms. The Bertz CT molecular complexity index is 373. The number of nitrogens with zero attached hydrogens (tertiary/aromatic N) is 1. The molecule has 1 aliphatic heterocycles. The average Bonchev–Trinajstić information content (AvgIpc) is 2.76. The van der Waals surface area contributed by atoms with E-state index in [4.69, 9.17) is 4.99 Å². The Kier molecular flexibility index (Phi) is 4.51. The van der Waals surface area contributed by atoms with Crippen LogP contribution in [0.5, 0.6) is 0 Å². The van der Waals surface area contributed by atoms with Gasteiger partial charge < -0.3 is 5.32 Å². The number of hydrogen-bond donors (Lipinski definition) is 1. The van der Waals surface area contributed by atoms with Gasteiger partial charge in [-0.15, -0.1) is 0 Å². The van der Waals surface area contributed by atoms with Crippen LogP contribution in [0.3, 0.4) is 0 Å². The predicted octanol–water partition coefficient (Wildman–Crippen LogP) is 3.40. The van der Waals surface area contributed by atoms with Crippen molar-refractivity contribution in [3.8, 4) is 0 Å². The van der Waals surface area contributed by atoms with Crippen LogP contribution in [0.1, 0.15) is 26.3 Å². The van der Waals surface area contributed by atoms with Crippen molar-refractivity contribution < 1.29 is 0 Å². The van der Waals surface area contributed by atoms with E-state index in [0.717, 1.165) is 11.6 Å². The summed E-state index contributed by atoms with van der Waals surface area (Å²) in [5.74, 6) is 1.87. The molecule has 0 aliphatic carbocycles. The largest absolute Gasteiger partial charge is 0.362 e. The van der Waals surface area contributed by atoms with Gasteiger partial charge in [0.15, 0.2) is 5.17 Å². The minimum Gasteiger partial charge on any atom is -0.362 e. The predicted molar refractivity (Wildman–Crippen MR) is 79.1 cm³/mol. The van der Waals surface area contributed by atoms with Crippen LogP contribution in [0.15, 0.2) is 21.8 Å². The maximum Gasteiger partial charge on any atom is 0.157 e. The van der Waals surface area contributed by atoms with Crippen LogP contribution in [0.25, 0.3) is 0 Å². The molecule has 0 saturated heterocycles. The second-order valence-corrected chi connectivity index (χ2v) is 6.63. The molecule has 1 aromatic heterocycles. The smallest absolute Gasteiger partial charge is 0.157 e. The molecule has 4 heteroatoms. The van der Waals surface area contributed by atoms with Gasteiger partial charge >= 0.3 is 0 Å². The van der Waals surface area contributed by atoms with E-state index < -0.39 is 0 Å². The third kappa shape index (κ3) is 3.75. The van der Waals surface area contributed by atoms with Crippen molar-refractivity contribution in [3.63, 3.8) is 0 Å². The maximum atomic E-state index is 4.70. The van der Waals surface area contributed by atoms with Gasteiger partial charge in [0.25, 0.3) is 0 Å². The first-order valence-corrected chi connectivity index (χ1v) is 8.06. The van der Waals surface area contributed by atoms with E-state index >= 15 is 0 Å². The van der Waals surface area contributed by atoms with Gasteiger partial charge in [-0.3, -0.25) is 4.99 Å². The maximum absolute atomic E-state index is 4.70. The number of hydrogen-bond acceptors (Lipinski definition) is 4. The van der Waals surface area contributed by atoms with Crippen molar-refractivity contribution in [1.29, 1.82) is 0 Å². The highest BCUT2D eigenvalue weighted by atomic mass is 32.2. The van der Waals surface area contributed by atoms with Gasteiger partial charge in [-0.05, 0) is 48.6 Å². The topological polar surface area (TPSA) is 24.4 Å². The van der Waals surface area contributed by atoms with E-state index in [1.54, 1.807) is 11.3 Å². The average molecular weight is 268 g/mol. The second kappa shape index (κ2) is 5.91. The summed E-state index contributed by atoms with van der Waals surface area (Å²) in [7, 11) is 0. The summed E-state index contributed by atoms with van der Waals surface area (Å²) in [5, 5.41) is 9.01. The molecule has 0 fully saturated rings. The van der Waals surface area contributed by atoms with Crippen molar-refractivity contribution in [3.05, 3.63) is 22.4 Å². The normalized spacial score (nSPS) is 26.4. The Morgan fingerprint density at radius 3 is 3.00 bits per heavy atom. The highest BCUT2D eigenvalue weighted by Crippen LogP contribution is 2.22. The number of amidine groups is 1. The first kappa shape index (κ1) is 13.0. The first-order chi connectivity index (χ1) is 8.15. The molecule has 0 amide bonds. The van der Waals surface area contributed by atoms with Gasteiger partial charge in [0.2, 0.25) is 0 Å². The lowest BCUT2D eigenvalue weighted by Gasteiger charge is -2.25. The van der Waals surface area contributed by atoms with E-state index in [1.807, 2.05) is 11.8 Å². The fraction of sp³-hybridized carbons (Fsp3) is 0.615. The third-order valence-electron chi connectivity index (χ3n) is 3.12. The number of aliphatic imine (C=N–C) groups is 1. The second-order valence-electron chi connectivity index (χ2n) is 4.84. The summed E-state index contributed by atoms with van der Waals surface area (Å²) in [6.07, 6.45) is 1.08. The van der Waals surface area contributed by atoms with E-state index in [2.05, 4.69) is 42.9 Å². The van der Waals surface area contributed by atoms with E-state index in [1.165, 1.54) is 11.3 Å². The van der Waals surface area contributed by atoms with E-state index in [-0.39, 0.29) is 0 Å². The molecule has 1 aromatic rings. The minimum atomic E-state index is 0.451.